The average molecular weight is 345 g/mol. The van der Waals surface area contributed by atoms with Crippen molar-refractivity contribution in [3.05, 3.63) is 29.5 Å². The van der Waals surface area contributed by atoms with Crippen molar-refractivity contribution in [2.45, 2.75) is 52.2 Å². The van der Waals surface area contributed by atoms with Crippen LogP contribution in [0.4, 0.5) is 0 Å². The normalized spacial score (nSPS) is 15.0. The van der Waals surface area contributed by atoms with Crippen molar-refractivity contribution in [3.8, 4) is 5.75 Å². The molecule has 0 amide bonds. The van der Waals surface area contributed by atoms with Crippen molar-refractivity contribution in [2.24, 2.45) is 0 Å². The van der Waals surface area contributed by atoms with Crippen molar-refractivity contribution in [2.75, 3.05) is 20.3 Å². The maximum atomic E-state index is 12.5. The Hall–Kier alpha value is -2.01. The van der Waals surface area contributed by atoms with Crippen LogP contribution < -0.4 is 4.74 Å². The number of carbonyl (C=O) groups is 1. The second kappa shape index (κ2) is 7.91. The molecule has 5 heteroatoms. The number of benzene rings is 1. The first-order valence-electron chi connectivity index (χ1n) is 9.11. The molecule has 2 aromatic rings. The van der Waals surface area contributed by atoms with E-state index in [4.69, 9.17) is 14.2 Å². The van der Waals surface area contributed by atoms with Gasteiger partial charge in [0.2, 0.25) is 0 Å². The predicted molar refractivity (Wildman–Crippen MR) is 97.4 cm³/mol. The van der Waals surface area contributed by atoms with Crippen LogP contribution in [0.15, 0.2) is 18.2 Å². The molecule has 0 bridgehead atoms. The number of aromatic nitrogens is 1. The fraction of sp³-hybridized carbons (Fsp3) is 0.550. The minimum atomic E-state index is -0.279. The Morgan fingerprint density at radius 1 is 1.28 bits per heavy atom. The van der Waals surface area contributed by atoms with Crippen molar-refractivity contribution in [1.82, 2.24) is 4.57 Å². The zero-order valence-corrected chi connectivity index (χ0v) is 15.3. The van der Waals surface area contributed by atoms with Gasteiger partial charge in [0.25, 0.3) is 0 Å². The highest BCUT2D eigenvalue weighted by Gasteiger charge is 2.22. The van der Waals surface area contributed by atoms with Crippen LogP contribution in [-0.4, -0.2) is 37.0 Å². The largest absolute Gasteiger partial charge is 0.490 e. The smallest absolute Gasteiger partial charge is 0.340 e. The number of ether oxygens (including phenoxy) is 3. The summed E-state index contributed by atoms with van der Waals surface area (Å²) in [5.41, 5.74) is 2.55. The van der Waals surface area contributed by atoms with Crippen molar-refractivity contribution >= 4 is 16.9 Å². The molecule has 1 aromatic heterocycles. The number of nitrogens with zero attached hydrogens (tertiary/aromatic N) is 1. The van der Waals surface area contributed by atoms with Crippen LogP contribution in [0.3, 0.4) is 0 Å². The van der Waals surface area contributed by atoms with Crippen molar-refractivity contribution < 1.29 is 19.0 Å². The summed E-state index contributed by atoms with van der Waals surface area (Å²) >= 11 is 0. The number of fused-ring (bicyclic) bond motifs is 1. The topological polar surface area (TPSA) is 49.7 Å². The van der Waals surface area contributed by atoms with Crippen LogP contribution in [-0.2, 0) is 16.0 Å². The lowest BCUT2D eigenvalue weighted by Crippen LogP contribution is -2.10. The predicted octanol–water partition coefficient (Wildman–Crippen LogP) is 4.09. The lowest BCUT2D eigenvalue weighted by atomic mass is 10.1. The molecular weight excluding hydrogens is 318 g/mol. The molecular formula is C20H27NO4. The van der Waals surface area contributed by atoms with Crippen LogP contribution in [0.2, 0.25) is 0 Å². The molecule has 3 rings (SSSR count). The molecule has 0 atom stereocenters. The Morgan fingerprint density at radius 3 is 2.72 bits per heavy atom. The van der Waals surface area contributed by atoms with Gasteiger partial charge >= 0.3 is 5.97 Å². The van der Waals surface area contributed by atoms with Gasteiger partial charge in [0.1, 0.15) is 5.75 Å². The second-order valence-electron chi connectivity index (χ2n) is 6.53. The zero-order chi connectivity index (χ0) is 17.8. The van der Waals surface area contributed by atoms with E-state index >= 15 is 0 Å². The molecule has 1 heterocycles. The third-order valence-electron chi connectivity index (χ3n) is 4.90. The number of hydrogen-bond donors (Lipinski definition) is 0. The van der Waals surface area contributed by atoms with E-state index in [2.05, 4.69) is 4.57 Å². The van der Waals surface area contributed by atoms with Crippen LogP contribution in [0.5, 0.6) is 5.75 Å². The van der Waals surface area contributed by atoms with E-state index in [1.807, 2.05) is 32.0 Å². The van der Waals surface area contributed by atoms with Crippen LogP contribution in [0.25, 0.3) is 10.9 Å². The molecule has 1 saturated carbocycles. The fourth-order valence-corrected chi connectivity index (χ4v) is 3.66. The lowest BCUT2D eigenvalue weighted by Gasteiger charge is -2.13. The van der Waals surface area contributed by atoms with Gasteiger partial charge in [0.05, 0.1) is 24.9 Å². The van der Waals surface area contributed by atoms with Gasteiger partial charge in [-0.25, -0.2) is 4.79 Å². The lowest BCUT2D eigenvalue weighted by molar-refractivity contribution is 0.0527. The van der Waals surface area contributed by atoms with E-state index < -0.39 is 0 Å². The molecule has 136 valence electrons. The van der Waals surface area contributed by atoms with E-state index in [1.54, 1.807) is 7.11 Å². The SMILES string of the molecule is CCOC(=O)c1c(C)n(CCOC)c2ccc(OC3CCCC3)cc12. The Kier molecular flexibility index (Phi) is 5.63. The molecule has 0 radical (unpaired) electrons. The van der Waals surface area contributed by atoms with Crippen molar-refractivity contribution in [3.63, 3.8) is 0 Å². The van der Waals surface area contributed by atoms with E-state index in [0.717, 1.165) is 35.2 Å². The molecule has 1 aromatic carbocycles. The molecule has 1 aliphatic rings. The van der Waals surface area contributed by atoms with Crippen LogP contribution >= 0.6 is 0 Å². The van der Waals surface area contributed by atoms with E-state index in [-0.39, 0.29) is 5.97 Å². The third kappa shape index (κ3) is 3.66. The quantitative estimate of drug-likeness (QED) is 0.709. The Balaban J connectivity index is 2.02. The van der Waals surface area contributed by atoms with Crippen LogP contribution in [0.1, 0.15) is 48.7 Å². The fourth-order valence-electron chi connectivity index (χ4n) is 3.66. The minimum Gasteiger partial charge on any atom is -0.490 e. The molecule has 5 nitrogen and oxygen atoms in total. The number of carbonyl (C=O) groups excluding carboxylic acids is 1. The number of methoxy groups -OCH3 is 1. The first kappa shape index (κ1) is 17.8. The Bertz CT molecular complexity index is 744. The summed E-state index contributed by atoms with van der Waals surface area (Å²) in [6.07, 6.45) is 4.97. The molecule has 0 unspecified atom stereocenters. The molecule has 25 heavy (non-hydrogen) atoms. The highest BCUT2D eigenvalue weighted by atomic mass is 16.5. The number of hydrogen-bond acceptors (Lipinski definition) is 4. The monoisotopic (exact) mass is 345 g/mol. The molecule has 1 aliphatic carbocycles. The first-order valence-corrected chi connectivity index (χ1v) is 9.11. The Morgan fingerprint density at radius 2 is 2.04 bits per heavy atom. The summed E-state index contributed by atoms with van der Waals surface area (Å²) in [6.45, 7) is 5.43. The summed E-state index contributed by atoms with van der Waals surface area (Å²) in [4.78, 5) is 12.5. The minimum absolute atomic E-state index is 0.279. The van der Waals surface area contributed by atoms with Gasteiger partial charge in [-0.05, 0) is 57.7 Å². The summed E-state index contributed by atoms with van der Waals surface area (Å²) in [6, 6.07) is 6.01. The second-order valence-corrected chi connectivity index (χ2v) is 6.53. The molecule has 0 saturated heterocycles. The molecule has 0 aliphatic heterocycles. The van der Waals surface area contributed by atoms with Gasteiger partial charge < -0.3 is 18.8 Å². The maximum absolute atomic E-state index is 12.5. The summed E-state index contributed by atoms with van der Waals surface area (Å²) in [5, 5.41) is 0.891. The van der Waals surface area contributed by atoms with Gasteiger partial charge in [-0.1, -0.05) is 0 Å². The van der Waals surface area contributed by atoms with E-state index in [0.29, 0.717) is 31.4 Å². The van der Waals surface area contributed by atoms with Crippen LogP contribution in [0, 0.1) is 6.92 Å². The van der Waals surface area contributed by atoms with Gasteiger partial charge in [0, 0.05) is 30.3 Å². The molecule has 0 spiro atoms. The summed E-state index contributed by atoms with van der Waals surface area (Å²) < 4.78 is 18.7. The Labute approximate surface area is 148 Å². The molecule has 0 N–H and O–H groups in total. The zero-order valence-electron chi connectivity index (χ0n) is 15.3. The van der Waals surface area contributed by atoms with E-state index in [1.165, 1.54) is 12.8 Å². The average Bonchev–Trinajstić information content (AvgIpc) is 3.19. The number of rotatable bonds is 7. The van der Waals surface area contributed by atoms with Gasteiger partial charge in [-0.2, -0.15) is 0 Å². The first-order chi connectivity index (χ1) is 12.2. The van der Waals surface area contributed by atoms with Crippen molar-refractivity contribution in [1.29, 1.82) is 0 Å². The van der Waals surface area contributed by atoms with Gasteiger partial charge in [0.15, 0.2) is 0 Å². The standard InChI is InChI=1S/C20H27NO4/c1-4-24-20(22)19-14(2)21(11-12-23-3)18-10-9-16(13-17(18)19)25-15-7-5-6-8-15/h9-10,13,15H,4-8,11-12H2,1-3H3. The number of esters is 1. The summed E-state index contributed by atoms with van der Waals surface area (Å²) in [5.74, 6) is 0.549. The third-order valence-corrected chi connectivity index (χ3v) is 4.90. The van der Waals surface area contributed by atoms with E-state index in [9.17, 15) is 4.79 Å². The maximum Gasteiger partial charge on any atom is 0.340 e. The highest BCUT2D eigenvalue weighted by molar-refractivity contribution is 6.06. The summed E-state index contributed by atoms with van der Waals surface area (Å²) in [7, 11) is 1.68. The molecule has 1 fully saturated rings. The van der Waals surface area contributed by atoms with Gasteiger partial charge in [-0.3, -0.25) is 0 Å². The van der Waals surface area contributed by atoms with Gasteiger partial charge in [-0.15, -0.1) is 0 Å². The highest BCUT2D eigenvalue weighted by Crippen LogP contribution is 2.32.